The van der Waals surface area contributed by atoms with Crippen LogP contribution < -0.4 is 31.9 Å². The zero-order valence-electron chi connectivity index (χ0n) is 64.0. The van der Waals surface area contributed by atoms with Gasteiger partial charge in [0.15, 0.2) is 0 Å². The van der Waals surface area contributed by atoms with Crippen molar-refractivity contribution in [1.29, 1.82) is 0 Å². The van der Waals surface area contributed by atoms with Crippen molar-refractivity contribution in [1.82, 2.24) is 90.7 Å². The monoisotopic (exact) mass is 1730 g/mol. The molecule has 43 heteroatoms. The van der Waals surface area contributed by atoms with Gasteiger partial charge in [0.05, 0.1) is 78.5 Å². The molecule has 3 aliphatic heterocycles. The first-order valence-corrected chi connectivity index (χ1v) is 37.6. The van der Waals surface area contributed by atoms with Crippen molar-refractivity contribution in [3.63, 3.8) is 0 Å². The number of rotatable bonds is 44. The molecule has 0 aromatic rings. The van der Waals surface area contributed by atoms with Crippen molar-refractivity contribution in [2.24, 2.45) is 0 Å². The third-order valence-corrected chi connectivity index (χ3v) is 18.7. The molecular formula is C68H120GdN18O24+3. The number of aliphatic carboxylic acids is 9. The zero-order chi connectivity index (χ0) is 81.5. The fourth-order valence-electron chi connectivity index (χ4n) is 12.8. The van der Waals surface area contributed by atoms with Crippen LogP contribution in [0.15, 0.2) is 0 Å². The van der Waals surface area contributed by atoms with E-state index in [0.29, 0.717) is 12.8 Å². The van der Waals surface area contributed by atoms with E-state index in [1.165, 1.54) is 0 Å². The Morgan fingerprint density at radius 3 is 0.676 bits per heavy atom. The summed E-state index contributed by atoms with van der Waals surface area (Å²) >= 11 is 0. The van der Waals surface area contributed by atoms with Crippen LogP contribution in [0.5, 0.6) is 0 Å². The quantitative estimate of drug-likeness (QED) is 0.0252. The van der Waals surface area contributed by atoms with E-state index in [4.69, 9.17) is 0 Å². The number of unbranched alkanes of at least 4 members (excludes halogenated alkanes) is 3. The maximum atomic E-state index is 14.7. The predicted octanol–water partition coefficient (Wildman–Crippen LogP) is -7.23. The standard InChI is InChI=1S/C68H120N18O24.Gd/c1-3-5-10-51(72-55(88)40-76-17-23-80(44-59(94)95)29-35-85(49-64(104)105)36-30-81(24-18-76)45-60(96)97)67(109)71-14-9-7-11-52(66(108)69-4-2)74-68(110)53(73-56(89)41-77-19-25-82(46-61(98)99)31-37-86(50-65(106)107)38-32-83(26-20-77)47-62(100)101)12-6-8-13-70-54(87)39-75-15-21-78(42-57(90)91)27-33-84(48-63(102)103)34-28-79(22-16-75)43-58(92)93;/h51-53H,3-50H2,1-2H3,(H,69,108)(H,70,87)(H,71,109)(H,72,88)(H,73,89)(H,74,110)(H,90,91)(H,92,93)(H,94,95)(H,96,97)(H,98,99)(H,100,101)(H,102,103)(H,104,105)(H,106,107);/q;+3. The maximum absolute atomic E-state index is 14.7. The molecule has 631 valence electrons. The Morgan fingerprint density at radius 2 is 0.441 bits per heavy atom. The van der Waals surface area contributed by atoms with E-state index in [-0.39, 0.29) is 327 Å². The Labute approximate surface area is 678 Å². The number of hydrogen-bond acceptors (Lipinski definition) is 27. The molecule has 3 saturated heterocycles. The van der Waals surface area contributed by atoms with E-state index in [2.05, 4.69) is 31.9 Å². The third kappa shape index (κ3) is 47.9. The van der Waals surface area contributed by atoms with Crippen molar-refractivity contribution in [2.75, 3.05) is 255 Å². The number of carboxylic acids is 9. The molecule has 0 spiro atoms. The van der Waals surface area contributed by atoms with Gasteiger partial charge in [0.1, 0.15) is 18.1 Å². The Hall–Kier alpha value is -7.11. The van der Waals surface area contributed by atoms with Crippen molar-refractivity contribution in [2.45, 2.75) is 89.8 Å². The van der Waals surface area contributed by atoms with Crippen molar-refractivity contribution in [3.05, 3.63) is 0 Å². The maximum Gasteiger partial charge on any atom is 3.00 e. The molecular weight excluding hydrogens is 1610 g/mol. The van der Waals surface area contributed by atoms with Crippen LogP contribution in [0.4, 0.5) is 0 Å². The summed E-state index contributed by atoms with van der Waals surface area (Å²) in [7, 11) is 0. The van der Waals surface area contributed by atoms with E-state index in [0.717, 1.165) is 0 Å². The molecule has 0 aromatic carbocycles. The van der Waals surface area contributed by atoms with Gasteiger partial charge in [-0.2, -0.15) is 0 Å². The smallest absolute Gasteiger partial charge is 0.480 e. The minimum Gasteiger partial charge on any atom is -0.480 e. The van der Waals surface area contributed by atoms with E-state index >= 15 is 0 Å². The summed E-state index contributed by atoms with van der Waals surface area (Å²) in [6.45, 7) is 3.35. The average molecular weight is 1730 g/mol. The summed E-state index contributed by atoms with van der Waals surface area (Å²) in [5.74, 6) is -13.6. The van der Waals surface area contributed by atoms with Crippen LogP contribution in [0.3, 0.4) is 0 Å². The Balaban J connectivity index is 0.0000418. The summed E-state index contributed by atoms with van der Waals surface area (Å²) in [6.07, 6.45) is 2.48. The van der Waals surface area contributed by atoms with E-state index in [9.17, 15) is 118 Å². The Bertz CT molecular complexity index is 2860. The molecule has 0 aliphatic carbocycles. The molecule has 0 saturated carbocycles. The van der Waals surface area contributed by atoms with Gasteiger partial charge in [-0.1, -0.05) is 19.8 Å². The van der Waals surface area contributed by atoms with Crippen LogP contribution in [-0.4, -0.2) is 467 Å². The number of carbonyl (C=O) groups is 15. The fraction of sp³-hybridized carbons (Fsp3) is 0.779. The summed E-state index contributed by atoms with van der Waals surface area (Å²) < 4.78 is 0. The number of nitrogens with zero attached hydrogens (tertiary/aromatic N) is 12. The molecule has 3 atom stereocenters. The van der Waals surface area contributed by atoms with Crippen LogP contribution in [0, 0.1) is 39.9 Å². The topological polar surface area (TPSA) is 549 Å². The van der Waals surface area contributed by atoms with E-state index in [1.54, 1.807) is 65.7 Å². The predicted molar refractivity (Wildman–Crippen MR) is 394 cm³/mol. The molecule has 3 fully saturated rings. The largest absolute Gasteiger partial charge is 3.00 e. The first-order chi connectivity index (χ1) is 52.3. The first-order valence-electron chi connectivity index (χ1n) is 37.6. The molecule has 3 rings (SSSR count). The van der Waals surface area contributed by atoms with Gasteiger partial charge in [0.25, 0.3) is 0 Å². The number of carboxylic acid groups (broad SMARTS) is 9. The normalized spacial score (nSPS) is 18.4. The van der Waals surface area contributed by atoms with Gasteiger partial charge in [-0.05, 0) is 51.9 Å². The minimum atomic E-state index is -1.31. The van der Waals surface area contributed by atoms with Crippen molar-refractivity contribution >= 4 is 89.2 Å². The van der Waals surface area contributed by atoms with E-state index < -0.39 is 120 Å². The van der Waals surface area contributed by atoms with Gasteiger partial charge in [-0.3, -0.25) is 131 Å². The number of amides is 6. The molecule has 3 aliphatic rings. The van der Waals surface area contributed by atoms with Gasteiger partial charge in [0, 0.05) is 177 Å². The van der Waals surface area contributed by atoms with Crippen LogP contribution >= 0.6 is 0 Å². The first kappa shape index (κ1) is 100.0. The zero-order valence-corrected chi connectivity index (χ0v) is 66.3. The molecule has 0 bridgehead atoms. The molecule has 111 heavy (non-hydrogen) atoms. The number of carbonyl (C=O) groups excluding carboxylic acids is 6. The van der Waals surface area contributed by atoms with E-state index in [1.807, 2.05) is 6.92 Å². The third-order valence-electron chi connectivity index (χ3n) is 18.7. The Kier molecular flexibility index (Phi) is 51.3. The van der Waals surface area contributed by atoms with Gasteiger partial charge in [-0.25, -0.2) is 0 Å². The molecule has 3 heterocycles. The SMILES string of the molecule is CCCCC(NC(=O)CN1CCN(CC(=O)O)CCN(CC(=O)O)CCN(CC(=O)O)CC1)C(=O)NCCCCC(NC(=O)C(CCCCNC(=O)CN1CCN(CC(=O)O)CCN(CC(=O)O)CCN(CC(=O)O)CC1)NC(=O)CN1CCN(CC(=O)O)CCN(CC(=O)O)CCN(CC(=O)O)CC1)C(=O)NCC.[Gd+3]. The Morgan fingerprint density at radius 1 is 0.243 bits per heavy atom. The molecule has 15 N–H and O–H groups in total. The number of nitrogens with one attached hydrogen (secondary N) is 6. The summed E-state index contributed by atoms with van der Waals surface area (Å²) in [5, 5.41) is 104. The fourth-order valence-corrected chi connectivity index (χ4v) is 12.8. The molecule has 0 aromatic heterocycles. The molecule has 1 radical (unpaired) electrons. The summed E-state index contributed by atoms with van der Waals surface area (Å²) in [4.78, 5) is 210. The van der Waals surface area contributed by atoms with Crippen LogP contribution in [0.25, 0.3) is 0 Å². The second kappa shape index (κ2) is 57.0. The van der Waals surface area contributed by atoms with Gasteiger partial charge < -0.3 is 77.9 Å². The molecule has 6 amide bonds. The minimum absolute atomic E-state index is 0. The molecule has 42 nitrogen and oxygen atoms in total. The molecule has 3 unspecified atom stereocenters. The van der Waals surface area contributed by atoms with Crippen molar-refractivity contribution in [3.8, 4) is 0 Å². The number of likely N-dealkylation sites (N-methyl/N-ethyl adjacent to an activating group) is 1. The van der Waals surface area contributed by atoms with Gasteiger partial charge >= 0.3 is 93.7 Å². The number of hydrogen-bond donors (Lipinski definition) is 15. The van der Waals surface area contributed by atoms with Gasteiger partial charge in [-0.15, -0.1) is 0 Å². The van der Waals surface area contributed by atoms with Crippen LogP contribution in [0.1, 0.15) is 71.6 Å². The second-order valence-electron chi connectivity index (χ2n) is 27.8. The second-order valence-corrected chi connectivity index (χ2v) is 27.8. The summed E-state index contributed by atoms with van der Waals surface area (Å²) in [5.41, 5.74) is 0. The average Bonchev–Trinajstić information content (AvgIpc) is 0.893. The van der Waals surface area contributed by atoms with Crippen LogP contribution in [0.2, 0.25) is 0 Å². The van der Waals surface area contributed by atoms with Crippen LogP contribution in [-0.2, 0) is 71.9 Å². The van der Waals surface area contributed by atoms with Gasteiger partial charge in [0.2, 0.25) is 35.4 Å². The summed E-state index contributed by atoms with van der Waals surface area (Å²) in [6, 6.07) is -3.47. The van der Waals surface area contributed by atoms with Crippen molar-refractivity contribution < 1.29 is 158 Å².